The number of esters is 2. The van der Waals surface area contributed by atoms with Gasteiger partial charge in [0.1, 0.15) is 0 Å². The van der Waals surface area contributed by atoms with E-state index < -0.39 is 0 Å². The Morgan fingerprint density at radius 1 is 0.744 bits per heavy atom. The smallest absolute Gasteiger partial charge is 0.308 e. The third-order valence-electron chi connectivity index (χ3n) is 7.93. The molecule has 39 heavy (non-hydrogen) atoms. The standard InChI is InChI=1S/C34H60O5/c1-3-5-7-8-9-10-11-12-13-14-15-16-17-18-20-22-33(36)38-28-31(27-35)29-39-34(37)32-25-23-30(24-26-32)21-19-6-4-2/h9-10,12-13,30-32,35H,3-8,11,14-29H2,1-2H3/b10-9-,13-12-. The number of ether oxygens (including phenoxy) is 2. The van der Waals surface area contributed by atoms with Gasteiger partial charge in [0.15, 0.2) is 0 Å². The van der Waals surface area contributed by atoms with Crippen molar-refractivity contribution in [2.45, 2.75) is 142 Å². The second kappa shape index (κ2) is 25.4. The first-order valence-corrected chi connectivity index (χ1v) is 16.3. The minimum Gasteiger partial charge on any atom is -0.465 e. The van der Waals surface area contributed by atoms with Gasteiger partial charge in [0.2, 0.25) is 0 Å². The lowest BCUT2D eigenvalue weighted by Gasteiger charge is -2.27. The Balaban J connectivity index is 2.01. The van der Waals surface area contributed by atoms with E-state index in [1.54, 1.807) is 0 Å². The van der Waals surface area contributed by atoms with Crippen LogP contribution in [0.5, 0.6) is 0 Å². The summed E-state index contributed by atoms with van der Waals surface area (Å²) < 4.78 is 10.8. The molecule has 0 aliphatic heterocycles. The first kappa shape index (κ1) is 35.4. The summed E-state index contributed by atoms with van der Waals surface area (Å²) in [4.78, 5) is 24.6. The van der Waals surface area contributed by atoms with Crippen molar-refractivity contribution >= 4 is 11.9 Å². The van der Waals surface area contributed by atoms with Crippen molar-refractivity contribution < 1.29 is 24.2 Å². The van der Waals surface area contributed by atoms with Crippen molar-refractivity contribution in [3.63, 3.8) is 0 Å². The van der Waals surface area contributed by atoms with Crippen LogP contribution in [-0.4, -0.2) is 36.9 Å². The molecule has 0 radical (unpaired) electrons. The van der Waals surface area contributed by atoms with Crippen molar-refractivity contribution in [2.75, 3.05) is 19.8 Å². The zero-order valence-electron chi connectivity index (χ0n) is 25.4. The van der Waals surface area contributed by atoms with Crippen LogP contribution in [0.15, 0.2) is 24.3 Å². The summed E-state index contributed by atoms with van der Waals surface area (Å²) >= 11 is 0. The maximum Gasteiger partial charge on any atom is 0.308 e. The van der Waals surface area contributed by atoms with E-state index in [-0.39, 0.29) is 43.6 Å². The molecule has 0 aromatic carbocycles. The van der Waals surface area contributed by atoms with Crippen LogP contribution >= 0.6 is 0 Å². The summed E-state index contributed by atoms with van der Waals surface area (Å²) in [5.74, 6) is -0.00554. The van der Waals surface area contributed by atoms with Crippen LogP contribution in [0.1, 0.15) is 142 Å². The second-order valence-corrected chi connectivity index (χ2v) is 11.6. The summed E-state index contributed by atoms with van der Waals surface area (Å²) in [7, 11) is 0. The molecular weight excluding hydrogens is 488 g/mol. The van der Waals surface area contributed by atoms with E-state index in [1.165, 1.54) is 64.2 Å². The van der Waals surface area contributed by atoms with Gasteiger partial charge in [0.05, 0.1) is 31.7 Å². The Morgan fingerprint density at radius 3 is 2.00 bits per heavy atom. The van der Waals surface area contributed by atoms with Crippen molar-refractivity contribution in [3.8, 4) is 0 Å². The minimum absolute atomic E-state index is 0.0207. The van der Waals surface area contributed by atoms with Gasteiger partial charge in [-0.1, -0.05) is 95.9 Å². The quantitative estimate of drug-likeness (QED) is 0.0740. The molecule has 0 aromatic rings. The lowest BCUT2D eigenvalue weighted by Crippen LogP contribution is -2.28. The van der Waals surface area contributed by atoms with E-state index >= 15 is 0 Å². The SMILES string of the molecule is CCCCC/C=C\C/C=C\CCCCCCCC(=O)OCC(CO)COC(=O)C1CCC(CCCCC)CC1. The van der Waals surface area contributed by atoms with Gasteiger partial charge in [-0.25, -0.2) is 0 Å². The third kappa shape index (κ3) is 20.0. The van der Waals surface area contributed by atoms with Crippen molar-refractivity contribution in [1.29, 1.82) is 0 Å². The number of rotatable bonds is 24. The number of carbonyl (C=O) groups excluding carboxylic acids is 2. The van der Waals surface area contributed by atoms with Gasteiger partial charge in [-0.3, -0.25) is 9.59 Å². The summed E-state index contributed by atoms with van der Waals surface area (Å²) in [6, 6.07) is 0. The van der Waals surface area contributed by atoms with Crippen LogP contribution in [0.4, 0.5) is 0 Å². The van der Waals surface area contributed by atoms with Gasteiger partial charge in [-0.2, -0.15) is 0 Å². The summed E-state index contributed by atoms with van der Waals surface area (Å²) in [5, 5.41) is 9.63. The highest BCUT2D eigenvalue weighted by atomic mass is 16.5. The molecule has 0 amide bonds. The van der Waals surface area contributed by atoms with Crippen LogP contribution in [-0.2, 0) is 19.1 Å². The molecule has 1 aliphatic rings. The number of hydrogen-bond acceptors (Lipinski definition) is 5. The number of hydrogen-bond donors (Lipinski definition) is 1. The molecule has 0 aromatic heterocycles. The summed E-state index contributed by atoms with van der Waals surface area (Å²) in [6.45, 7) is 4.52. The van der Waals surface area contributed by atoms with E-state index in [9.17, 15) is 14.7 Å². The van der Waals surface area contributed by atoms with Crippen LogP contribution in [0.25, 0.3) is 0 Å². The molecule has 0 spiro atoms. The van der Waals surface area contributed by atoms with E-state index in [4.69, 9.17) is 9.47 Å². The Hall–Kier alpha value is -1.62. The second-order valence-electron chi connectivity index (χ2n) is 11.6. The average Bonchev–Trinajstić information content (AvgIpc) is 2.95. The van der Waals surface area contributed by atoms with E-state index in [0.717, 1.165) is 63.7 Å². The highest BCUT2D eigenvalue weighted by Gasteiger charge is 2.27. The first-order valence-electron chi connectivity index (χ1n) is 16.3. The molecule has 0 bridgehead atoms. The molecule has 1 rings (SSSR count). The predicted molar refractivity (Wildman–Crippen MR) is 161 cm³/mol. The van der Waals surface area contributed by atoms with Crippen molar-refractivity contribution in [2.24, 2.45) is 17.8 Å². The molecule has 1 unspecified atom stereocenters. The summed E-state index contributed by atoms with van der Waals surface area (Å²) in [5.41, 5.74) is 0. The molecule has 1 aliphatic carbocycles. The van der Waals surface area contributed by atoms with Gasteiger partial charge in [0, 0.05) is 6.42 Å². The highest BCUT2D eigenvalue weighted by Crippen LogP contribution is 2.32. The number of carbonyl (C=O) groups is 2. The molecule has 0 saturated heterocycles. The number of unbranched alkanes of at least 4 members (excludes halogenated alkanes) is 10. The van der Waals surface area contributed by atoms with Crippen molar-refractivity contribution in [1.82, 2.24) is 0 Å². The fourth-order valence-electron chi connectivity index (χ4n) is 5.20. The predicted octanol–water partition coefficient (Wildman–Crippen LogP) is 8.88. The first-order chi connectivity index (χ1) is 19.1. The number of aliphatic hydroxyl groups excluding tert-OH is 1. The molecule has 5 nitrogen and oxygen atoms in total. The minimum atomic E-state index is -0.354. The Morgan fingerprint density at radius 2 is 1.33 bits per heavy atom. The van der Waals surface area contributed by atoms with E-state index in [2.05, 4.69) is 38.2 Å². The van der Waals surface area contributed by atoms with Crippen LogP contribution in [0.2, 0.25) is 0 Å². The van der Waals surface area contributed by atoms with E-state index in [0.29, 0.717) is 6.42 Å². The Kier molecular flexibility index (Phi) is 23.0. The fourth-order valence-corrected chi connectivity index (χ4v) is 5.20. The van der Waals surface area contributed by atoms with Gasteiger partial charge in [0.25, 0.3) is 0 Å². The topological polar surface area (TPSA) is 72.8 Å². The van der Waals surface area contributed by atoms with Crippen LogP contribution < -0.4 is 0 Å². The van der Waals surface area contributed by atoms with Crippen LogP contribution in [0, 0.1) is 17.8 Å². The average molecular weight is 549 g/mol. The van der Waals surface area contributed by atoms with Crippen molar-refractivity contribution in [3.05, 3.63) is 24.3 Å². The molecule has 0 heterocycles. The molecule has 5 heteroatoms. The zero-order valence-corrected chi connectivity index (χ0v) is 25.4. The normalized spacial score (nSPS) is 18.5. The Bertz CT molecular complexity index is 648. The highest BCUT2D eigenvalue weighted by molar-refractivity contribution is 5.72. The largest absolute Gasteiger partial charge is 0.465 e. The summed E-state index contributed by atoms with van der Waals surface area (Å²) in [6.07, 6.45) is 31.3. The fraction of sp³-hybridized carbons (Fsp3) is 0.824. The lowest BCUT2D eigenvalue weighted by molar-refractivity contribution is -0.154. The molecule has 1 saturated carbocycles. The number of aliphatic hydroxyl groups is 1. The van der Waals surface area contributed by atoms with Gasteiger partial charge in [-0.15, -0.1) is 0 Å². The molecule has 1 atom stereocenters. The van der Waals surface area contributed by atoms with Crippen LogP contribution in [0.3, 0.4) is 0 Å². The van der Waals surface area contributed by atoms with Gasteiger partial charge < -0.3 is 14.6 Å². The lowest BCUT2D eigenvalue weighted by atomic mass is 9.80. The maximum absolute atomic E-state index is 12.5. The van der Waals surface area contributed by atoms with Gasteiger partial charge >= 0.3 is 11.9 Å². The zero-order chi connectivity index (χ0) is 28.4. The van der Waals surface area contributed by atoms with E-state index in [1.807, 2.05) is 0 Å². The molecule has 226 valence electrons. The Labute approximate surface area is 240 Å². The van der Waals surface area contributed by atoms with Gasteiger partial charge in [-0.05, 0) is 70.1 Å². The third-order valence-corrected chi connectivity index (χ3v) is 7.93. The number of allylic oxidation sites excluding steroid dienone is 4. The molecule has 1 N–H and O–H groups in total. The molecule has 1 fully saturated rings. The monoisotopic (exact) mass is 548 g/mol. The molecular formula is C34H60O5. The maximum atomic E-state index is 12.5.